The van der Waals surface area contributed by atoms with Gasteiger partial charge in [0.15, 0.2) is 9.84 Å². The van der Waals surface area contributed by atoms with Crippen LogP contribution in [0.2, 0.25) is 0 Å². The molecule has 106 valence electrons. The molecule has 1 aliphatic rings. The summed E-state index contributed by atoms with van der Waals surface area (Å²) in [5.74, 6) is 0.640. The molecule has 1 saturated heterocycles. The van der Waals surface area contributed by atoms with Gasteiger partial charge in [0.05, 0.1) is 12.0 Å². The molecule has 2 rings (SSSR count). The van der Waals surface area contributed by atoms with E-state index in [0.29, 0.717) is 10.6 Å². The van der Waals surface area contributed by atoms with Crippen LogP contribution in [0.3, 0.4) is 0 Å². The van der Waals surface area contributed by atoms with E-state index in [1.807, 2.05) is 6.07 Å². The van der Waals surface area contributed by atoms with Crippen molar-refractivity contribution in [1.29, 1.82) is 0 Å². The summed E-state index contributed by atoms with van der Waals surface area (Å²) in [4.78, 5) is 2.63. The molecule has 0 amide bonds. The number of nitrogens with one attached hydrogen (secondary N) is 1. The van der Waals surface area contributed by atoms with E-state index >= 15 is 0 Å². The van der Waals surface area contributed by atoms with Crippen molar-refractivity contribution in [2.75, 3.05) is 39.5 Å². The lowest BCUT2D eigenvalue weighted by Crippen LogP contribution is -2.42. The first-order valence-electron chi connectivity index (χ1n) is 6.31. The lowest BCUT2D eigenvalue weighted by molar-refractivity contribution is 0.230. The van der Waals surface area contributed by atoms with Crippen LogP contribution in [0.15, 0.2) is 23.1 Å². The van der Waals surface area contributed by atoms with Gasteiger partial charge < -0.3 is 10.1 Å². The first-order valence-corrected chi connectivity index (χ1v) is 8.20. The quantitative estimate of drug-likeness (QED) is 0.873. The van der Waals surface area contributed by atoms with Crippen LogP contribution < -0.4 is 10.1 Å². The fraction of sp³-hybridized carbons (Fsp3) is 0.538. The molecule has 1 N–H and O–H groups in total. The van der Waals surface area contributed by atoms with Crippen molar-refractivity contribution in [2.24, 2.45) is 0 Å². The van der Waals surface area contributed by atoms with Crippen LogP contribution >= 0.6 is 0 Å². The average Bonchev–Trinajstić information content (AvgIpc) is 2.39. The topological polar surface area (TPSA) is 58.6 Å². The minimum absolute atomic E-state index is 0.299. The zero-order valence-electron chi connectivity index (χ0n) is 11.3. The van der Waals surface area contributed by atoms with E-state index in [1.165, 1.54) is 6.26 Å². The molecule has 0 radical (unpaired) electrons. The maximum absolute atomic E-state index is 11.5. The molecule has 19 heavy (non-hydrogen) atoms. The van der Waals surface area contributed by atoms with E-state index in [9.17, 15) is 8.42 Å². The minimum atomic E-state index is -3.19. The van der Waals surface area contributed by atoms with Crippen molar-refractivity contribution >= 4 is 9.84 Å². The van der Waals surface area contributed by atoms with Crippen LogP contribution in [-0.2, 0) is 16.4 Å². The van der Waals surface area contributed by atoms with Crippen molar-refractivity contribution in [1.82, 2.24) is 10.2 Å². The Morgan fingerprint density at radius 2 is 2.00 bits per heavy atom. The lowest BCUT2D eigenvalue weighted by Gasteiger charge is -2.27. The van der Waals surface area contributed by atoms with Gasteiger partial charge in [0.25, 0.3) is 0 Å². The van der Waals surface area contributed by atoms with Crippen molar-refractivity contribution in [3.8, 4) is 5.75 Å². The fourth-order valence-electron chi connectivity index (χ4n) is 2.20. The molecular formula is C13H20N2O3S. The summed E-state index contributed by atoms with van der Waals surface area (Å²) < 4.78 is 28.4. The van der Waals surface area contributed by atoms with Crippen LogP contribution in [0.1, 0.15) is 5.56 Å². The molecule has 1 aromatic rings. The second-order valence-corrected chi connectivity index (χ2v) is 6.79. The van der Waals surface area contributed by atoms with Crippen LogP contribution in [0, 0.1) is 0 Å². The van der Waals surface area contributed by atoms with Gasteiger partial charge in [-0.05, 0) is 12.1 Å². The van der Waals surface area contributed by atoms with E-state index in [-0.39, 0.29) is 0 Å². The van der Waals surface area contributed by atoms with Crippen molar-refractivity contribution in [3.63, 3.8) is 0 Å². The van der Waals surface area contributed by atoms with E-state index in [2.05, 4.69) is 10.2 Å². The largest absolute Gasteiger partial charge is 0.496 e. The van der Waals surface area contributed by atoms with E-state index in [4.69, 9.17) is 4.74 Å². The second kappa shape index (κ2) is 5.90. The Morgan fingerprint density at radius 1 is 1.32 bits per heavy atom. The van der Waals surface area contributed by atoms with E-state index in [0.717, 1.165) is 38.3 Å². The van der Waals surface area contributed by atoms with Crippen molar-refractivity contribution < 1.29 is 13.2 Å². The number of piperazine rings is 1. The predicted octanol–water partition coefficient (Wildman–Crippen LogP) is 0.504. The van der Waals surface area contributed by atoms with Crippen LogP contribution in [0.25, 0.3) is 0 Å². The summed E-state index contributed by atoms with van der Waals surface area (Å²) >= 11 is 0. The summed E-state index contributed by atoms with van der Waals surface area (Å²) in [6, 6.07) is 5.10. The Hall–Kier alpha value is -1.11. The molecule has 1 fully saturated rings. The first-order chi connectivity index (χ1) is 9.00. The summed E-state index contributed by atoms with van der Waals surface area (Å²) in [6.45, 7) is 4.76. The average molecular weight is 284 g/mol. The molecule has 5 nitrogen and oxygen atoms in total. The molecule has 1 aromatic carbocycles. The Labute approximate surface area is 114 Å². The Balaban J connectivity index is 2.20. The molecule has 0 unspecified atom stereocenters. The highest BCUT2D eigenvalue weighted by Gasteiger charge is 2.15. The van der Waals surface area contributed by atoms with E-state index < -0.39 is 9.84 Å². The summed E-state index contributed by atoms with van der Waals surface area (Å²) in [7, 11) is -1.62. The Bertz CT molecular complexity index is 537. The van der Waals surface area contributed by atoms with Gasteiger partial charge in [-0.3, -0.25) is 4.90 Å². The van der Waals surface area contributed by atoms with Crippen molar-refractivity contribution in [2.45, 2.75) is 11.4 Å². The number of rotatable bonds is 4. The molecule has 1 heterocycles. The van der Waals surface area contributed by atoms with Crippen LogP contribution in [0.4, 0.5) is 0 Å². The van der Waals surface area contributed by atoms with Gasteiger partial charge >= 0.3 is 0 Å². The summed E-state index contributed by atoms with van der Waals surface area (Å²) in [5, 5.41) is 3.31. The number of sulfone groups is 1. The maximum Gasteiger partial charge on any atom is 0.175 e. The summed E-state index contributed by atoms with van der Waals surface area (Å²) in [5.41, 5.74) is 1.02. The van der Waals surface area contributed by atoms with Crippen molar-refractivity contribution in [3.05, 3.63) is 23.8 Å². The molecule has 0 spiro atoms. The van der Waals surface area contributed by atoms with Gasteiger partial charge in [-0.1, -0.05) is 6.07 Å². The van der Waals surface area contributed by atoms with Gasteiger partial charge in [-0.15, -0.1) is 0 Å². The number of benzene rings is 1. The predicted molar refractivity (Wildman–Crippen MR) is 74.3 cm³/mol. The fourth-order valence-corrected chi connectivity index (χ4v) is 2.83. The molecule has 0 atom stereocenters. The number of nitrogens with zero attached hydrogens (tertiary/aromatic N) is 1. The Morgan fingerprint density at radius 3 is 2.58 bits per heavy atom. The molecule has 6 heteroatoms. The molecule has 0 bridgehead atoms. The van der Waals surface area contributed by atoms with Gasteiger partial charge in [-0.25, -0.2) is 8.42 Å². The normalized spacial score (nSPS) is 17.4. The highest BCUT2D eigenvalue weighted by Crippen LogP contribution is 2.24. The number of hydrogen-bond acceptors (Lipinski definition) is 5. The number of methoxy groups -OCH3 is 1. The zero-order chi connectivity index (χ0) is 13.9. The standard InChI is InChI=1S/C13H20N2O3S/c1-18-13-9-12(19(2,16)17)4-3-11(13)10-15-7-5-14-6-8-15/h3-4,9,14H,5-8,10H2,1-2H3. The third-order valence-corrected chi connectivity index (χ3v) is 4.40. The minimum Gasteiger partial charge on any atom is -0.496 e. The van der Waals surface area contributed by atoms with Gasteiger partial charge in [-0.2, -0.15) is 0 Å². The van der Waals surface area contributed by atoms with Gasteiger partial charge in [0, 0.05) is 44.5 Å². The third-order valence-electron chi connectivity index (χ3n) is 3.29. The summed E-state index contributed by atoms with van der Waals surface area (Å²) in [6.07, 6.45) is 1.21. The molecule has 0 aromatic heterocycles. The molecular weight excluding hydrogens is 264 g/mol. The third kappa shape index (κ3) is 3.68. The highest BCUT2D eigenvalue weighted by atomic mass is 32.2. The zero-order valence-corrected chi connectivity index (χ0v) is 12.2. The van der Waals surface area contributed by atoms with Crippen LogP contribution in [0.5, 0.6) is 5.75 Å². The maximum atomic E-state index is 11.5. The molecule has 0 aliphatic carbocycles. The van der Waals surface area contributed by atoms with Crippen LogP contribution in [-0.4, -0.2) is 52.9 Å². The SMILES string of the molecule is COc1cc(S(C)(=O)=O)ccc1CN1CCNCC1. The first kappa shape index (κ1) is 14.3. The highest BCUT2D eigenvalue weighted by molar-refractivity contribution is 7.90. The number of ether oxygens (including phenoxy) is 1. The van der Waals surface area contributed by atoms with E-state index in [1.54, 1.807) is 19.2 Å². The smallest absolute Gasteiger partial charge is 0.175 e. The second-order valence-electron chi connectivity index (χ2n) is 4.77. The van der Waals surface area contributed by atoms with Gasteiger partial charge in [0.1, 0.15) is 5.75 Å². The lowest BCUT2D eigenvalue weighted by atomic mass is 10.1. The Kier molecular flexibility index (Phi) is 4.44. The molecule has 1 aliphatic heterocycles. The van der Waals surface area contributed by atoms with Gasteiger partial charge in [0.2, 0.25) is 0 Å². The molecule has 0 saturated carbocycles. The number of hydrogen-bond donors (Lipinski definition) is 1. The monoisotopic (exact) mass is 284 g/mol.